The lowest BCUT2D eigenvalue weighted by atomic mass is 10.1. The van der Waals surface area contributed by atoms with E-state index < -0.39 is 0 Å². The molecule has 0 aliphatic carbocycles. The minimum Gasteiger partial charge on any atom is -0.241 e. The van der Waals surface area contributed by atoms with Gasteiger partial charge in [0.1, 0.15) is 11.0 Å². The maximum Gasteiger partial charge on any atom is 0.108 e. The molecule has 0 unspecified atom stereocenters. The van der Waals surface area contributed by atoms with Crippen LogP contribution in [0.5, 0.6) is 0 Å². The number of aromatic nitrogens is 3. The Morgan fingerprint density at radius 3 is 2.73 bits per heavy atom. The van der Waals surface area contributed by atoms with Gasteiger partial charge in [-0.3, -0.25) is 0 Å². The summed E-state index contributed by atoms with van der Waals surface area (Å²) in [6.45, 7) is 4.21. The van der Waals surface area contributed by atoms with Crippen molar-refractivity contribution < 1.29 is 0 Å². The summed E-state index contributed by atoms with van der Waals surface area (Å²) in [5, 5.41) is 1.19. The number of benzene rings is 2. The molecule has 22 heavy (non-hydrogen) atoms. The quantitative estimate of drug-likeness (QED) is 0.548. The zero-order valence-corrected chi connectivity index (χ0v) is 14.1. The smallest absolute Gasteiger partial charge is 0.108 e. The van der Waals surface area contributed by atoms with Gasteiger partial charge < -0.3 is 0 Å². The first kappa shape index (κ1) is 13.8. The van der Waals surface area contributed by atoms with Gasteiger partial charge in [0, 0.05) is 6.42 Å². The molecule has 3 nitrogen and oxygen atoms in total. The normalized spacial score (nSPS) is 11.5. The molecule has 2 aromatic heterocycles. The van der Waals surface area contributed by atoms with E-state index in [1.807, 2.05) is 0 Å². The summed E-state index contributed by atoms with van der Waals surface area (Å²) in [5.74, 6) is 0. The largest absolute Gasteiger partial charge is 0.241 e. The Hall–Kier alpha value is -1.85. The van der Waals surface area contributed by atoms with Crippen molar-refractivity contribution >= 4 is 44.3 Å². The highest BCUT2D eigenvalue weighted by molar-refractivity contribution is 7.18. The van der Waals surface area contributed by atoms with Gasteiger partial charge in [0.15, 0.2) is 0 Å². The fourth-order valence-corrected chi connectivity index (χ4v) is 4.37. The molecule has 2 heterocycles. The Balaban J connectivity index is 1.62. The molecular formula is C17H15N3S2. The minimum atomic E-state index is 0.952. The summed E-state index contributed by atoms with van der Waals surface area (Å²) in [7, 11) is 0. The van der Waals surface area contributed by atoms with Crippen LogP contribution in [-0.4, -0.2) is 13.7 Å². The number of nitrogens with zero attached hydrogens (tertiary/aromatic N) is 3. The standard InChI is InChI=1S/C17H15N3S2/c1-10-3-7-13-14(9-10)21-15(18-13)8-6-12-5-4-11(2)16-17(12)20-22-19-16/h3-5,7,9H,6,8H2,1-2H3. The van der Waals surface area contributed by atoms with Crippen molar-refractivity contribution in [1.82, 2.24) is 13.7 Å². The highest BCUT2D eigenvalue weighted by Gasteiger charge is 2.10. The fourth-order valence-electron chi connectivity index (χ4n) is 2.67. The molecular weight excluding hydrogens is 310 g/mol. The van der Waals surface area contributed by atoms with E-state index in [1.165, 1.54) is 38.1 Å². The van der Waals surface area contributed by atoms with Crippen molar-refractivity contribution in [2.75, 3.05) is 0 Å². The number of hydrogen-bond donors (Lipinski definition) is 0. The van der Waals surface area contributed by atoms with Crippen LogP contribution in [0.1, 0.15) is 21.7 Å². The van der Waals surface area contributed by atoms with Crippen LogP contribution in [0.15, 0.2) is 30.3 Å². The first-order chi connectivity index (χ1) is 10.7. The van der Waals surface area contributed by atoms with E-state index in [2.05, 4.69) is 52.9 Å². The van der Waals surface area contributed by atoms with E-state index in [0.29, 0.717) is 0 Å². The lowest BCUT2D eigenvalue weighted by Crippen LogP contribution is -1.93. The molecule has 5 heteroatoms. The maximum atomic E-state index is 4.74. The van der Waals surface area contributed by atoms with E-state index in [-0.39, 0.29) is 0 Å². The van der Waals surface area contributed by atoms with Gasteiger partial charge in [-0.2, -0.15) is 8.75 Å². The molecule has 4 rings (SSSR count). The van der Waals surface area contributed by atoms with E-state index >= 15 is 0 Å². The first-order valence-electron chi connectivity index (χ1n) is 7.27. The van der Waals surface area contributed by atoms with Gasteiger partial charge in [-0.25, -0.2) is 4.98 Å². The van der Waals surface area contributed by atoms with Crippen LogP contribution in [0.4, 0.5) is 0 Å². The Morgan fingerprint density at radius 2 is 1.82 bits per heavy atom. The Kier molecular flexibility index (Phi) is 3.39. The van der Waals surface area contributed by atoms with Crippen LogP contribution in [0, 0.1) is 13.8 Å². The molecule has 0 saturated heterocycles. The highest BCUT2D eigenvalue weighted by Crippen LogP contribution is 2.26. The molecule has 0 N–H and O–H groups in total. The van der Waals surface area contributed by atoms with Crippen molar-refractivity contribution in [3.05, 3.63) is 52.0 Å². The zero-order chi connectivity index (χ0) is 15.1. The molecule has 0 aliphatic rings. The topological polar surface area (TPSA) is 38.7 Å². The Labute approximate surface area is 137 Å². The van der Waals surface area contributed by atoms with Gasteiger partial charge >= 0.3 is 0 Å². The Bertz CT molecular complexity index is 969. The Morgan fingerprint density at radius 1 is 0.955 bits per heavy atom. The third-order valence-electron chi connectivity index (χ3n) is 3.90. The number of fused-ring (bicyclic) bond motifs is 2. The van der Waals surface area contributed by atoms with Gasteiger partial charge in [-0.15, -0.1) is 11.3 Å². The maximum absolute atomic E-state index is 4.74. The molecule has 0 amide bonds. The van der Waals surface area contributed by atoms with Crippen LogP contribution in [0.2, 0.25) is 0 Å². The molecule has 0 radical (unpaired) electrons. The van der Waals surface area contributed by atoms with Crippen molar-refractivity contribution in [2.24, 2.45) is 0 Å². The molecule has 2 aromatic carbocycles. The average Bonchev–Trinajstić information content (AvgIpc) is 3.13. The van der Waals surface area contributed by atoms with Crippen LogP contribution in [-0.2, 0) is 12.8 Å². The highest BCUT2D eigenvalue weighted by atomic mass is 32.1. The fraction of sp³-hybridized carbons (Fsp3) is 0.235. The van der Waals surface area contributed by atoms with Crippen molar-refractivity contribution in [2.45, 2.75) is 26.7 Å². The summed E-state index contributed by atoms with van der Waals surface area (Å²) >= 11 is 3.09. The molecule has 0 fully saturated rings. The summed E-state index contributed by atoms with van der Waals surface area (Å²) in [5.41, 5.74) is 6.96. The van der Waals surface area contributed by atoms with Gasteiger partial charge in [-0.05, 0) is 49.1 Å². The third kappa shape index (κ3) is 2.40. The minimum absolute atomic E-state index is 0.952. The molecule has 0 saturated carbocycles. The predicted molar refractivity (Wildman–Crippen MR) is 93.9 cm³/mol. The molecule has 0 aliphatic heterocycles. The number of aryl methyl sites for hydroxylation is 4. The zero-order valence-electron chi connectivity index (χ0n) is 12.5. The summed E-state index contributed by atoms with van der Waals surface area (Å²) in [6, 6.07) is 10.8. The van der Waals surface area contributed by atoms with E-state index in [1.54, 1.807) is 11.3 Å². The summed E-state index contributed by atoms with van der Waals surface area (Å²) in [6.07, 6.45) is 1.91. The van der Waals surface area contributed by atoms with Crippen molar-refractivity contribution in [1.29, 1.82) is 0 Å². The summed E-state index contributed by atoms with van der Waals surface area (Å²) < 4.78 is 10.1. The lowest BCUT2D eigenvalue weighted by Gasteiger charge is -2.02. The third-order valence-corrected chi connectivity index (χ3v) is 5.50. The molecule has 0 spiro atoms. The average molecular weight is 325 g/mol. The van der Waals surface area contributed by atoms with E-state index in [4.69, 9.17) is 4.98 Å². The van der Waals surface area contributed by atoms with Gasteiger partial charge in [0.05, 0.1) is 27.0 Å². The van der Waals surface area contributed by atoms with Gasteiger partial charge in [0.25, 0.3) is 0 Å². The van der Waals surface area contributed by atoms with Gasteiger partial charge in [-0.1, -0.05) is 18.2 Å². The molecule has 110 valence electrons. The van der Waals surface area contributed by atoms with Crippen molar-refractivity contribution in [3.63, 3.8) is 0 Å². The first-order valence-corrected chi connectivity index (χ1v) is 8.82. The molecule has 0 bridgehead atoms. The lowest BCUT2D eigenvalue weighted by molar-refractivity contribution is 0.954. The van der Waals surface area contributed by atoms with Crippen molar-refractivity contribution in [3.8, 4) is 0 Å². The SMILES string of the molecule is Cc1ccc2nc(CCc3ccc(C)c4nsnc34)sc2c1. The van der Waals surface area contributed by atoms with Gasteiger partial charge in [0.2, 0.25) is 0 Å². The number of rotatable bonds is 3. The van der Waals surface area contributed by atoms with Crippen LogP contribution >= 0.6 is 23.1 Å². The molecule has 0 atom stereocenters. The number of hydrogen-bond acceptors (Lipinski definition) is 5. The van der Waals surface area contributed by atoms with Crippen LogP contribution < -0.4 is 0 Å². The monoisotopic (exact) mass is 325 g/mol. The predicted octanol–water partition coefficient (Wildman–Crippen LogP) is 4.70. The second-order valence-electron chi connectivity index (χ2n) is 5.58. The van der Waals surface area contributed by atoms with E-state index in [0.717, 1.165) is 29.4 Å². The van der Waals surface area contributed by atoms with Crippen LogP contribution in [0.25, 0.3) is 21.3 Å². The second kappa shape index (κ2) is 5.41. The molecule has 4 aromatic rings. The number of thiazole rings is 1. The van der Waals surface area contributed by atoms with Crippen LogP contribution in [0.3, 0.4) is 0 Å². The van der Waals surface area contributed by atoms with E-state index in [9.17, 15) is 0 Å². The second-order valence-corrected chi connectivity index (χ2v) is 7.23. The summed E-state index contributed by atoms with van der Waals surface area (Å²) in [4.78, 5) is 4.74.